The molecule has 140 valence electrons. The first-order chi connectivity index (χ1) is 12.5. The quantitative estimate of drug-likeness (QED) is 0.568. The average Bonchev–Trinajstić information content (AvgIpc) is 2.64. The van der Waals surface area contributed by atoms with E-state index in [1.165, 1.54) is 11.1 Å². The zero-order chi connectivity index (χ0) is 18.8. The standard InChI is InChI=1S/C20H24F3N3/c1-24-19(26-15-13-20(21,22)23)25-14-12-18(16-8-4-2-5-9-16)17-10-6-3-7-11-17/h2-11,18H,12-15H2,1H3,(H2,24,25,26). The zero-order valence-corrected chi connectivity index (χ0v) is 14.8. The first kappa shape index (κ1) is 19.8. The molecule has 0 saturated heterocycles. The van der Waals surface area contributed by atoms with Crippen molar-refractivity contribution in [2.24, 2.45) is 4.99 Å². The molecule has 26 heavy (non-hydrogen) atoms. The smallest absolute Gasteiger partial charge is 0.356 e. The van der Waals surface area contributed by atoms with Gasteiger partial charge in [-0.1, -0.05) is 60.7 Å². The third-order valence-corrected chi connectivity index (χ3v) is 4.05. The Hall–Kier alpha value is -2.50. The fourth-order valence-corrected chi connectivity index (χ4v) is 2.77. The van der Waals surface area contributed by atoms with E-state index < -0.39 is 12.6 Å². The van der Waals surface area contributed by atoms with Crippen molar-refractivity contribution in [1.82, 2.24) is 10.6 Å². The lowest BCUT2D eigenvalue weighted by Gasteiger charge is -2.19. The number of halogens is 3. The van der Waals surface area contributed by atoms with Crippen molar-refractivity contribution in [2.45, 2.75) is 24.9 Å². The summed E-state index contributed by atoms with van der Waals surface area (Å²) in [6, 6.07) is 20.4. The van der Waals surface area contributed by atoms with Crippen LogP contribution in [0.25, 0.3) is 0 Å². The molecule has 0 fully saturated rings. The maximum absolute atomic E-state index is 12.2. The molecule has 0 heterocycles. The number of aliphatic imine (C=N–C) groups is 1. The number of hydrogen-bond donors (Lipinski definition) is 2. The predicted molar refractivity (Wildman–Crippen MR) is 99.4 cm³/mol. The van der Waals surface area contributed by atoms with Crippen LogP contribution in [0.3, 0.4) is 0 Å². The third-order valence-electron chi connectivity index (χ3n) is 4.05. The highest BCUT2D eigenvalue weighted by Crippen LogP contribution is 2.27. The van der Waals surface area contributed by atoms with E-state index in [0.29, 0.717) is 12.5 Å². The maximum Gasteiger partial charge on any atom is 0.390 e. The van der Waals surface area contributed by atoms with E-state index in [9.17, 15) is 13.2 Å². The van der Waals surface area contributed by atoms with Gasteiger partial charge in [0.2, 0.25) is 0 Å². The molecule has 0 unspecified atom stereocenters. The molecule has 6 heteroatoms. The number of hydrogen-bond acceptors (Lipinski definition) is 1. The van der Waals surface area contributed by atoms with E-state index >= 15 is 0 Å². The van der Waals surface area contributed by atoms with Crippen LogP contribution in [-0.2, 0) is 0 Å². The predicted octanol–water partition coefficient (Wildman–Crippen LogP) is 4.33. The minimum Gasteiger partial charge on any atom is -0.356 e. The van der Waals surface area contributed by atoms with E-state index in [1.807, 2.05) is 36.4 Å². The van der Waals surface area contributed by atoms with Crippen molar-refractivity contribution in [3.05, 3.63) is 71.8 Å². The van der Waals surface area contributed by atoms with Gasteiger partial charge >= 0.3 is 6.18 Å². The van der Waals surface area contributed by atoms with E-state index in [-0.39, 0.29) is 12.5 Å². The monoisotopic (exact) mass is 363 g/mol. The van der Waals surface area contributed by atoms with Crippen LogP contribution < -0.4 is 10.6 Å². The molecule has 0 atom stereocenters. The summed E-state index contributed by atoms with van der Waals surface area (Å²) < 4.78 is 36.7. The number of alkyl halides is 3. The van der Waals surface area contributed by atoms with Crippen molar-refractivity contribution in [3.63, 3.8) is 0 Å². The lowest BCUT2D eigenvalue weighted by Crippen LogP contribution is -2.39. The number of rotatable bonds is 7. The van der Waals surface area contributed by atoms with Gasteiger partial charge in [0.15, 0.2) is 5.96 Å². The second-order valence-corrected chi connectivity index (χ2v) is 5.95. The van der Waals surface area contributed by atoms with Crippen molar-refractivity contribution in [2.75, 3.05) is 20.1 Å². The average molecular weight is 363 g/mol. The summed E-state index contributed by atoms with van der Waals surface area (Å²) in [4.78, 5) is 3.98. The van der Waals surface area contributed by atoms with Crippen LogP contribution >= 0.6 is 0 Å². The second-order valence-electron chi connectivity index (χ2n) is 5.95. The van der Waals surface area contributed by atoms with Gasteiger partial charge < -0.3 is 10.6 Å². The molecule has 0 amide bonds. The Morgan fingerprint density at radius 3 is 1.85 bits per heavy atom. The summed E-state index contributed by atoms with van der Waals surface area (Å²) in [7, 11) is 1.55. The summed E-state index contributed by atoms with van der Waals surface area (Å²) in [5.74, 6) is 0.590. The molecule has 0 spiro atoms. The highest BCUT2D eigenvalue weighted by molar-refractivity contribution is 5.79. The van der Waals surface area contributed by atoms with Gasteiger partial charge in [-0.15, -0.1) is 0 Å². The molecule has 0 radical (unpaired) electrons. The first-order valence-corrected chi connectivity index (χ1v) is 8.61. The lowest BCUT2D eigenvalue weighted by molar-refractivity contribution is -0.132. The normalized spacial score (nSPS) is 12.3. The Kier molecular flexibility index (Phi) is 7.51. The van der Waals surface area contributed by atoms with Crippen LogP contribution in [0.2, 0.25) is 0 Å². The van der Waals surface area contributed by atoms with Gasteiger partial charge in [0.25, 0.3) is 0 Å². The van der Waals surface area contributed by atoms with Gasteiger partial charge in [0.05, 0.1) is 6.42 Å². The number of guanidine groups is 1. The molecule has 0 saturated carbocycles. The Morgan fingerprint density at radius 1 is 0.885 bits per heavy atom. The van der Waals surface area contributed by atoms with Crippen molar-refractivity contribution in [3.8, 4) is 0 Å². The highest BCUT2D eigenvalue weighted by atomic mass is 19.4. The topological polar surface area (TPSA) is 36.4 Å². The summed E-state index contributed by atoms with van der Waals surface area (Å²) in [6.45, 7) is 0.407. The molecular weight excluding hydrogens is 339 g/mol. The van der Waals surface area contributed by atoms with Crippen LogP contribution in [0.5, 0.6) is 0 Å². The Labute approximate surface area is 152 Å². The van der Waals surface area contributed by atoms with Crippen LogP contribution in [0.15, 0.2) is 65.7 Å². The fourth-order valence-electron chi connectivity index (χ4n) is 2.77. The van der Waals surface area contributed by atoms with Gasteiger partial charge in [-0.3, -0.25) is 4.99 Å². The third kappa shape index (κ3) is 6.78. The van der Waals surface area contributed by atoms with Crippen molar-refractivity contribution >= 4 is 5.96 Å². The molecule has 0 aliphatic heterocycles. The van der Waals surface area contributed by atoms with Gasteiger partial charge in [-0.05, 0) is 17.5 Å². The summed E-state index contributed by atoms with van der Waals surface area (Å²) in [6.07, 6.45) is -4.25. The molecule has 2 rings (SSSR count). The SMILES string of the molecule is CN=C(NCCC(c1ccccc1)c1ccccc1)NCCC(F)(F)F. The van der Waals surface area contributed by atoms with Gasteiger partial charge in [0, 0.05) is 26.1 Å². The Balaban J connectivity index is 1.93. The van der Waals surface area contributed by atoms with Crippen molar-refractivity contribution < 1.29 is 13.2 Å². The minimum absolute atomic E-state index is 0.191. The summed E-state index contributed by atoms with van der Waals surface area (Å²) >= 11 is 0. The molecule has 2 aromatic carbocycles. The van der Waals surface area contributed by atoms with Crippen LogP contribution in [0, 0.1) is 0 Å². The highest BCUT2D eigenvalue weighted by Gasteiger charge is 2.26. The molecular formula is C20H24F3N3. The number of benzene rings is 2. The summed E-state index contributed by atoms with van der Waals surface area (Å²) in [5, 5.41) is 5.80. The molecule has 0 bridgehead atoms. The van der Waals surface area contributed by atoms with Crippen LogP contribution in [0.4, 0.5) is 13.2 Å². The summed E-state index contributed by atoms with van der Waals surface area (Å²) in [5.41, 5.74) is 2.42. The van der Waals surface area contributed by atoms with E-state index in [0.717, 1.165) is 6.42 Å². The Morgan fingerprint density at radius 2 is 1.38 bits per heavy atom. The van der Waals surface area contributed by atoms with E-state index in [2.05, 4.69) is 39.9 Å². The molecule has 2 N–H and O–H groups in total. The largest absolute Gasteiger partial charge is 0.390 e. The van der Waals surface area contributed by atoms with Crippen molar-refractivity contribution in [1.29, 1.82) is 0 Å². The molecule has 2 aromatic rings. The fraction of sp³-hybridized carbons (Fsp3) is 0.350. The van der Waals surface area contributed by atoms with Gasteiger partial charge in [-0.25, -0.2) is 0 Å². The van der Waals surface area contributed by atoms with E-state index in [1.54, 1.807) is 7.05 Å². The lowest BCUT2D eigenvalue weighted by atomic mass is 9.88. The molecule has 3 nitrogen and oxygen atoms in total. The van der Waals surface area contributed by atoms with Crippen LogP contribution in [0.1, 0.15) is 29.9 Å². The second kappa shape index (κ2) is 9.85. The Bertz CT molecular complexity index is 630. The van der Waals surface area contributed by atoms with Gasteiger partial charge in [0.1, 0.15) is 0 Å². The maximum atomic E-state index is 12.2. The molecule has 0 aliphatic carbocycles. The first-order valence-electron chi connectivity index (χ1n) is 8.61. The number of nitrogens with one attached hydrogen (secondary N) is 2. The number of nitrogens with zero attached hydrogens (tertiary/aromatic N) is 1. The molecule has 0 aromatic heterocycles. The van der Waals surface area contributed by atoms with Crippen LogP contribution in [-0.4, -0.2) is 32.3 Å². The minimum atomic E-state index is -4.17. The molecule has 0 aliphatic rings. The van der Waals surface area contributed by atoms with E-state index in [4.69, 9.17) is 0 Å². The zero-order valence-electron chi connectivity index (χ0n) is 14.8. The van der Waals surface area contributed by atoms with Gasteiger partial charge in [-0.2, -0.15) is 13.2 Å².